The number of hydrogen-bond acceptors (Lipinski definition) is 6. The number of alkyl halides is 6. The Morgan fingerprint density at radius 1 is 1.20 bits per heavy atom. The average molecular weight is 418 g/mol. The van der Waals surface area contributed by atoms with Gasteiger partial charge in [-0.1, -0.05) is 5.57 Å². The number of ether oxygens (including phenoxy) is 2. The highest BCUT2D eigenvalue weighted by molar-refractivity contribution is 8.14. The van der Waals surface area contributed by atoms with Gasteiger partial charge >= 0.3 is 17.2 Å². The van der Waals surface area contributed by atoms with Crippen molar-refractivity contribution in [3.63, 3.8) is 0 Å². The van der Waals surface area contributed by atoms with Crippen molar-refractivity contribution in [2.45, 2.75) is 48.4 Å². The van der Waals surface area contributed by atoms with Gasteiger partial charge in [-0.2, -0.15) is 26.3 Å². The van der Waals surface area contributed by atoms with E-state index in [0.29, 0.717) is 5.57 Å². The molecule has 2 atom stereocenters. The molecule has 25 heavy (non-hydrogen) atoms. The molecule has 0 saturated heterocycles. The minimum atomic E-state index is -6.13. The molecule has 2 unspecified atom stereocenters. The standard InChI is InChI=1S/C12H16F6O5S2/c1-7(2)4-5-22-10(19)23-8(3)6-9(24-11(13,14)15)25(20,21)12(16,17)18/h8-9H,1,4-6H2,2-3H3. The van der Waals surface area contributed by atoms with Crippen LogP contribution < -0.4 is 0 Å². The molecule has 0 aromatic carbocycles. The lowest BCUT2D eigenvalue weighted by molar-refractivity contribution is -0.0446. The maximum atomic E-state index is 12.5. The fraction of sp³-hybridized carbons (Fsp3) is 0.750. The van der Waals surface area contributed by atoms with E-state index in [1.54, 1.807) is 6.92 Å². The van der Waals surface area contributed by atoms with Crippen LogP contribution in [0, 0.1) is 0 Å². The van der Waals surface area contributed by atoms with Gasteiger partial charge in [0.1, 0.15) is 10.7 Å². The third-order valence-corrected chi connectivity index (χ3v) is 5.81. The average Bonchev–Trinajstić information content (AvgIpc) is 2.33. The molecule has 0 rings (SSSR count). The smallest absolute Gasteiger partial charge is 0.434 e. The maximum absolute atomic E-state index is 12.5. The van der Waals surface area contributed by atoms with Gasteiger partial charge < -0.3 is 9.47 Å². The summed E-state index contributed by atoms with van der Waals surface area (Å²) in [5, 5.41) is 0. The molecule has 5 nitrogen and oxygen atoms in total. The Bertz CT molecular complexity index is 570. The van der Waals surface area contributed by atoms with Gasteiger partial charge in [0.05, 0.1) is 6.61 Å². The van der Waals surface area contributed by atoms with E-state index in [-0.39, 0.29) is 13.0 Å². The topological polar surface area (TPSA) is 69.7 Å². The summed E-state index contributed by atoms with van der Waals surface area (Å²) in [5.41, 5.74) is -10.4. The maximum Gasteiger partial charge on any atom is 0.508 e. The second-order valence-electron chi connectivity index (χ2n) is 4.95. The van der Waals surface area contributed by atoms with Crippen LogP contribution in [0.4, 0.5) is 31.1 Å². The van der Waals surface area contributed by atoms with Crippen LogP contribution in [-0.2, 0) is 19.3 Å². The summed E-state index contributed by atoms with van der Waals surface area (Å²) in [6, 6.07) is 0. The van der Waals surface area contributed by atoms with Gasteiger partial charge in [0.25, 0.3) is 9.84 Å². The van der Waals surface area contributed by atoms with Crippen LogP contribution in [0.3, 0.4) is 0 Å². The van der Waals surface area contributed by atoms with E-state index >= 15 is 0 Å². The lowest BCUT2D eigenvalue weighted by atomic mass is 10.3. The third kappa shape index (κ3) is 9.23. The molecule has 0 radical (unpaired) electrons. The van der Waals surface area contributed by atoms with Gasteiger partial charge in [-0.05, 0) is 25.6 Å². The van der Waals surface area contributed by atoms with Crippen LogP contribution in [0.25, 0.3) is 0 Å². The number of thioether (sulfide) groups is 1. The summed E-state index contributed by atoms with van der Waals surface area (Å²) in [4.78, 5) is 11.3. The van der Waals surface area contributed by atoms with Gasteiger partial charge in [0, 0.05) is 12.8 Å². The van der Waals surface area contributed by atoms with Crippen LogP contribution in [0.2, 0.25) is 0 Å². The molecule has 0 aliphatic heterocycles. The first-order valence-electron chi connectivity index (χ1n) is 6.58. The molecule has 0 heterocycles. The summed E-state index contributed by atoms with van der Waals surface area (Å²) in [6.07, 6.45) is -3.84. The molecule has 0 N–H and O–H groups in total. The molecule has 0 bridgehead atoms. The fourth-order valence-corrected chi connectivity index (χ4v) is 4.01. The van der Waals surface area contributed by atoms with Crippen molar-refractivity contribution in [2.24, 2.45) is 0 Å². The van der Waals surface area contributed by atoms with Gasteiger partial charge in [0.15, 0.2) is 0 Å². The van der Waals surface area contributed by atoms with Crippen molar-refractivity contribution in [1.29, 1.82) is 0 Å². The van der Waals surface area contributed by atoms with Crippen LogP contribution in [0.15, 0.2) is 12.2 Å². The SMILES string of the molecule is C=C(C)CCOC(=O)OC(C)CC(SC(F)(F)F)S(=O)(=O)C(F)(F)F. The highest BCUT2D eigenvalue weighted by atomic mass is 32.3. The first-order chi connectivity index (χ1) is 11.1. The Morgan fingerprint density at radius 2 is 1.72 bits per heavy atom. The van der Waals surface area contributed by atoms with E-state index in [4.69, 9.17) is 0 Å². The number of halogens is 6. The van der Waals surface area contributed by atoms with E-state index in [1.807, 2.05) is 0 Å². The summed E-state index contributed by atoms with van der Waals surface area (Å²) in [5.74, 6) is 0. The Kier molecular flexibility index (Phi) is 8.61. The minimum Gasteiger partial charge on any atom is -0.434 e. The first kappa shape index (κ1) is 23.9. The van der Waals surface area contributed by atoms with Crippen molar-refractivity contribution < 1.29 is 49.0 Å². The van der Waals surface area contributed by atoms with Crippen LogP contribution in [0.5, 0.6) is 0 Å². The van der Waals surface area contributed by atoms with E-state index in [9.17, 15) is 39.6 Å². The van der Waals surface area contributed by atoms with Crippen LogP contribution in [0.1, 0.15) is 26.7 Å². The molecule has 0 aromatic rings. The van der Waals surface area contributed by atoms with Crippen molar-refractivity contribution in [3.8, 4) is 0 Å². The highest BCUT2D eigenvalue weighted by Gasteiger charge is 2.54. The van der Waals surface area contributed by atoms with Crippen molar-refractivity contribution >= 4 is 27.8 Å². The molecule has 0 aliphatic carbocycles. The van der Waals surface area contributed by atoms with E-state index in [2.05, 4.69) is 16.1 Å². The van der Waals surface area contributed by atoms with Crippen molar-refractivity contribution in [1.82, 2.24) is 0 Å². The second kappa shape index (κ2) is 9.01. The quantitative estimate of drug-likeness (QED) is 0.331. The molecule has 13 heteroatoms. The Balaban J connectivity index is 4.97. The number of sulfone groups is 1. The molecule has 148 valence electrons. The third-order valence-electron chi connectivity index (χ3n) is 2.50. The van der Waals surface area contributed by atoms with Gasteiger partial charge in [0.2, 0.25) is 0 Å². The Hall–Kier alpha value is -1.11. The zero-order chi connectivity index (χ0) is 20.1. The molecular weight excluding hydrogens is 402 g/mol. The Labute approximate surface area is 144 Å². The molecule has 0 aliphatic rings. The van der Waals surface area contributed by atoms with Crippen molar-refractivity contribution in [2.75, 3.05) is 6.61 Å². The van der Waals surface area contributed by atoms with Crippen LogP contribution >= 0.6 is 11.8 Å². The monoisotopic (exact) mass is 418 g/mol. The largest absolute Gasteiger partial charge is 0.508 e. The van der Waals surface area contributed by atoms with E-state index < -0.39 is 55.9 Å². The molecule has 0 amide bonds. The molecule has 0 spiro atoms. The summed E-state index contributed by atoms with van der Waals surface area (Å²) >= 11 is -1.34. The number of carbonyl (C=O) groups excluding carboxylic acids is 1. The second-order valence-corrected chi connectivity index (χ2v) is 8.64. The number of hydrogen-bond donors (Lipinski definition) is 0. The lowest BCUT2D eigenvalue weighted by Gasteiger charge is -2.22. The zero-order valence-electron chi connectivity index (χ0n) is 13.1. The number of rotatable bonds is 8. The van der Waals surface area contributed by atoms with Crippen LogP contribution in [-0.4, -0.2) is 42.9 Å². The molecule has 0 aromatic heterocycles. The normalized spacial score (nSPS) is 15.4. The predicted molar refractivity (Wildman–Crippen MR) is 78.4 cm³/mol. The Morgan fingerprint density at radius 3 is 2.12 bits per heavy atom. The van der Waals surface area contributed by atoms with Crippen molar-refractivity contribution in [3.05, 3.63) is 12.2 Å². The fourth-order valence-electron chi connectivity index (χ4n) is 1.36. The van der Waals surface area contributed by atoms with E-state index in [0.717, 1.165) is 6.92 Å². The molecular formula is C12H16F6O5S2. The van der Waals surface area contributed by atoms with Gasteiger partial charge in [-0.25, -0.2) is 13.2 Å². The minimum absolute atomic E-state index is 0.150. The summed E-state index contributed by atoms with van der Waals surface area (Å²) in [6.45, 7) is 5.96. The predicted octanol–water partition coefficient (Wildman–Crippen LogP) is 4.40. The molecule has 0 fully saturated rings. The summed E-state index contributed by atoms with van der Waals surface area (Å²) in [7, 11) is -6.13. The molecule has 0 saturated carbocycles. The van der Waals surface area contributed by atoms with Gasteiger partial charge in [-0.15, -0.1) is 6.58 Å². The van der Waals surface area contributed by atoms with E-state index in [1.165, 1.54) is 0 Å². The highest BCUT2D eigenvalue weighted by Crippen LogP contribution is 2.42. The van der Waals surface area contributed by atoms with Gasteiger partial charge in [-0.3, -0.25) is 0 Å². The first-order valence-corrected chi connectivity index (χ1v) is 9.01. The summed E-state index contributed by atoms with van der Waals surface area (Å²) < 4.78 is 103. The number of carbonyl (C=O) groups is 1. The lowest BCUT2D eigenvalue weighted by Crippen LogP contribution is -2.36. The zero-order valence-corrected chi connectivity index (χ0v) is 14.7.